The Bertz CT molecular complexity index is 667. The van der Waals surface area contributed by atoms with E-state index >= 15 is 0 Å². The number of ether oxygens (including phenoxy) is 1. The molecule has 1 aliphatic rings. The number of hydrogen-bond acceptors (Lipinski definition) is 6. The van der Waals surface area contributed by atoms with Crippen molar-refractivity contribution < 1.29 is 14.1 Å². The van der Waals surface area contributed by atoms with E-state index in [2.05, 4.69) is 15.1 Å². The molecular formula is C17H22N4O3. The fraction of sp³-hybridized carbons (Fsp3) is 0.529. The molecule has 2 aromatic rings. The van der Waals surface area contributed by atoms with Gasteiger partial charge in [-0.25, -0.2) is 9.97 Å². The molecule has 0 aromatic carbocycles. The Morgan fingerprint density at radius 3 is 3.00 bits per heavy atom. The summed E-state index contributed by atoms with van der Waals surface area (Å²) in [5, 5.41) is 3.91. The minimum atomic E-state index is 0.0438. The topological polar surface area (TPSA) is 81.4 Å². The average molecular weight is 330 g/mol. The summed E-state index contributed by atoms with van der Waals surface area (Å²) in [6, 6.07) is 1.91. The number of morpholine rings is 1. The molecule has 0 aliphatic carbocycles. The van der Waals surface area contributed by atoms with Gasteiger partial charge in [-0.3, -0.25) is 4.79 Å². The predicted octanol–water partition coefficient (Wildman–Crippen LogP) is 1.48. The van der Waals surface area contributed by atoms with Gasteiger partial charge < -0.3 is 14.2 Å². The minimum Gasteiger partial charge on any atom is -0.375 e. The fourth-order valence-corrected chi connectivity index (χ4v) is 2.91. The molecule has 3 heterocycles. The third-order valence-corrected chi connectivity index (χ3v) is 4.37. The van der Waals surface area contributed by atoms with Crippen LogP contribution in [0.25, 0.3) is 0 Å². The average Bonchev–Trinajstić information content (AvgIpc) is 2.93. The summed E-state index contributed by atoms with van der Waals surface area (Å²) in [7, 11) is 0. The van der Waals surface area contributed by atoms with Crippen molar-refractivity contribution in [3.63, 3.8) is 0 Å². The Labute approximate surface area is 141 Å². The summed E-state index contributed by atoms with van der Waals surface area (Å²) in [6.45, 7) is 5.52. The van der Waals surface area contributed by atoms with Crippen molar-refractivity contribution in [3.8, 4) is 0 Å². The molecule has 24 heavy (non-hydrogen) atoms. The lowest BCUT2D eigenvalue weighted by Crippen LogP contribution is -2.46. The number of carbonyl (C=O) groups excluding carboxylic acids is 1. The van der Waals surface area contributed by atoms with Crippen molar-refractivity contribution in [1.29, 1.82) is 0 Å². The maximum absolute atomic E-state index is 12.6. The number of nitrogens with zero attached hydrogens (tertiary/aromatic N) is 4. The SMILES string of the molecule is Cc1noc(C)c1CC(=O)N1CCO[C@H](CCc2ccncn2)C1. The zero-order chi connectivity index (χ0) is 16.9. The molecule has 0 spiro atoms. The van der Waals surface area contributed by atoms with Crippen LogP contribution in [0.2, 0.25) is 0 Å². The second kappa shape index (κ2) is 7.53. The van der Waals surface area contributed by atoms with Crippen LogP contribution in [0.15, 0.2) is 23.1 Å². The van der Waals surface area contributed by atoms with Gasteiger partial charge in [-0.2, -0.15) is 0 Å². The van der Waals surface area contributed by atoms with Gasteiger partial charge in [-0.1, -0.05) is 5.16 Å². The molecule has 0 N–H and O–H groups in total. The first-order valence-corrected chi connectivity index (χ1v) is 8.19. The first-order valence-electron chi connectivity index (χ1n) is 8.19. The molecule has 3 rings (SSSR count). The van der Waals surface area contributed by atoms with Crippen LogP contribution in [0.4, 0.5) is 0 Å². The zero-order valence-electron chi connectivity index (χ0n) is 14.1. The summed E-state index contributed by atoms with van der Waals surface area (Å²) >= 11 is 0. The van der Waals surface area contributed by atoms with E-state index < -0.39 is 0 Å². The summed E-state index contributed by atoms with van der Waals surface area (Å²) in [5.74, 6) is 0.814. The van der Waals surface area contributed by atoms with Crippen LogP contribution in [-0.4, -0.2) is 51.7 Å². The quantitative estimate of drug-likeness (QED) is 0.826. The molecule has 0 saturated carbocycles. The molecule has 7 nitrogen and oxygen atoms in total. The highest BCUT2D eigenvalue weighted by atomic mass is 16.5. The molecule has 1 fully saturated rings. The van der Waals surface area contributed by atoms with Crippen LogP contribution in [0.5, 0.6) is 0 Å². The normalized spacial score (nSPS) is 17.9. The second-order valence-electron chi connectivity index (χ2n) is 6.05. The molecule has 0 radical (unpaired) electrons. The third-order valence-electron chi connectivity index (χ3n) is 4.37. The van der Waals surface area contributed by atoms with Crippen molar-refractivity contribution >= 4 is 5.91 Å². The number of amides is 1. The lowest BCUT2D eigenvalue weighted by Gasteiger charge is -2.33. The van der Waals surface area contributed by atoms with Crippen molar-refractivity contribution in [3.05, 3.63) is 41.3 Å². The largest absolute Gasteiger partial charge is 0.375 e. The van der Waals surface area contributed by atoms with Crippen LogP contribution in [0.1, 0.15) is 29.1 Å². The van der Waals surface area contributed by atoms with Crippen molar-refractivity contribution in [2.45, 2.75) is 39.2 Å². The molecule has 1 saturated heterocycles. The van der Waals surface area contributed by atoms with Crippen LogP contribution < -0.4 is 0 Å². The molecular weight excluding hydrogens is 308 g/mol. The molecule has 1 amide bonds. The lowest BCUT2D eigenvalue weighted by atomic mass is 10.1. The van der Waals surface area contributed by atoms with E-state index in [4.69, 9.17) is 9.26 Å². The highest BCUT2D eigenvalue weighted by molar-refractivity contribution is 5.79. The van der Waals surface area contributed by atoms with E-state index in [0.29, 0.717) is 26.1 Å². The Hall–Kier alpha value is -2.28. The first-order chi connectivity index (χ1) is 11.6. The van der Waals surface area contributed by atoms with Crippen LogP contribution >= 0.6 is 0 Å². The number of carbonyl (C=O) groups is 1. The van der Waals surface area contributed by atoms with E-state index in [0.717, 1.165) is 35.6 Å². The van der Waals surface area contributed by atoms with Crippen LogP contribution in [0, 0.1) is 13.8 Å². The van der Waals surface area contributed by atoms with E-state index in [-0.39, 0.29) is 12.0 Å². The molecule has 1 atom stereocenters. The zero-order valence-corrected chi connectivity index (χ0v) is 14.1. The predicted molar refractivity (Wildman–Crippen MR) is 86.4 cm³/mol. The molecule has 1 aliphatic heterocycles. The molecule has 0 unspecified atom stereocenters. The van der Waals surface area contributed by atoms with Gasteiger partial charge in [-0.05, 0) is 32.8 Å². The van der Waals surface area contributed by atoms with E-state index in [1.165, 1.54) is 0 Å². The maximum atomic E-state index is 12.6. The number of hydrogen-bond donors (Lipinski definition) is 0. The summed E-state index contributed by atoms with van der Waals surface area (Å²) in [4.78, 5) is 22.6. The highest BCUT2D eigenvalue weighted by Gasteiger charge is 2.25. The van der Waals surface area contributed by atoms with Gasteiger partial charge in [0.15, 0.2) is 0 Å². The molecule has 2 aromatic heterocycles. The summed E-state index contributed by atoms with van der Waals surface area (Å²) in [6.07, 6.45) is 5.33. The van der Waals surface area contributed by atoms with E-state index in [1.807, 2.05) is 24.8 Å². The summed E-state index contributed by atoms with van der Waals surface area (Å²) in [5.41, 5.74) is 2.67. The van der Waals surface area contributed by atoms with Gasteiger partial charge in [0.25, 0.3) is 0 Å². The first kappa shape index (κ1) is 16.6. The van der Waals surface area contributed by atoms with Crippen molar-refractivity contribution in [1.82, 2.24) is 20.0 Å². The van der Waals surface area contributed by atoms with E-state index in [9.17, 15) is 4.79 Å². The van der Waals surface area contributed by atoms with Crippen LogP contribution in [-0.2, 0) is 22.4 Å². The van der Waals surface area contributed by atoms with Gasteiger partial charge >= 0.3 is 0 Å². The highest BCUT2D eigenvalue weighted by Crippen LogP contribution is 2.16. The number of rotatable bonds is 5. The van der Waals surface area contributed by atoms with Gasteiger partial charge in [0.2, 0.25) is 5.91 Å². The van der Waals surface area contributed by atoms with E-state index in [1.54, 1.807) is 12.5 Å². The second-order valence-corrected chi connectivity index (χ2v) is 6.05. The van der Waals surface area contributed by atoms with Gasteiger partial charge in [0, 0.05) is 30.5 Å². The number of aromatic nitrogens is 3. The lowest BCUT2D eigenvalue weighted by molar-refractivity contribution is -0.138. The van der Waals surface area contributed by atoms with Crippen molar-refractivity contribution in [2.75, 3.05) is 19.7 Å². The smallest absolute Gasteiger partial charge is 0.227 e. The molecule has 7 heteroatoms. The Morgan fingerprint density at radius 1 is 1.42 bits per heavy atom. The number of aryl methyl sites for hydroxylation is 3. The standard InChI is InChI=1S/C17H22N4O3/c1-12-16(13(2)24-20-12)9-17(22)21-7-8-23-15(10-21)4-3-14-5-6-18-11-19-14/h5-6,11,15H,3-4,7-10H2,1-2H3/t15-/m1/s1. The minimum absolute atomic E-state index is 0.0438. The fourth-order valence-electron chi connectivity index (χ4n) is 2.91. The maximum Gasteiger partial charge on any atom is 0.227 e. The summed E-state index contributed by atoms with van der Waals surface area (Å²) < 4.78 is 10.9. The monoisotopic (exact) mass is 330 g/mol. The van der Waals surface area contributed by atoms with Crippen molar-refractivity contribution in [2.24, 2.45) is 0 Å². The van der Waals surface area contributed by atoms with Crippen LogP contribution in [0.3, 0.4) is 0 Å². The Balaban J connectivity index is 1.54. The third kappa shape index (κ3) is 3.97. The Kier molecular flexibility index (Phi) is 5.20. The molecule has 0 bridgehead atoms. The Morgan fingerprint density at radius 2 is 2.29 bits per heavy atom. The van der Waals surface area contributed by atoms with Gasteiger partial charge in [0.1, 0.15) is 12.1 Å². The molecule has 128 valence electrons. The van der Waals surface area contributed by atoms with Gasteiger partial charge in [-0.15, -0.1) is 0 Å². The van der Waals surface area contributed by atoms with Gasteiger partial charge in [0.05, 0.1) is 24.8 Å².